The zero-order valence-electron chi connectivity index (χ0n) is 11.7. The maximum absolute atomic E-state index is 13.3. The largest absolute Gasteiger partial charge is 0.350 e. The predicted molar refractivity (Wildman–Crippen MR) is 74.9 cm³/mol. The fraction of sp³-hybridized carbons (Fsp3) is 0.231. The summed E-state index contributed by atoms with van der Waals surface area (Å²) < 4.78 is 53.7. The first-order valence-corrected chi connectivity index (χ1v) is 8.05. The van der Waals surface area contributed by atoms with Crippen molar-refractivity contribution in [2.75, 3.05) is 6.54 Å². The smallest absolute Gasteiger partial charge is 0.339 e. The van der Waals surface area contributed by atoms with Crippen LogP contribution in [0.4, 0.5) is 13.6 Å². The van der Waals surface area contributed by atoms with Gasteiger partial charge >= 0.3 is 6.03 Å². The van der Waals surface area contributed by atoms with Crippen molar-refractivity contribution in [1.82, 2.24) is 14.1 Å². The number of aromatic nitrogens is 2. The van der Waals surface area contributed by atoms with E-state index in [0.717, 1.165) is 21.1 Å². The quantitative estimate of drug-likeness (QED) is 0.874. The normalized spacial score (nSPS) is 15.4. The molecule has 0 atom stereocenters. The molecule has 2 N–H and O–H groups in total. The zero-order chi connectivity index (χ0) is 16.8. The van der Waals surface area contributed by atoms with Crippen LogP contribution < -0.4 is 5.73 Å². The van der Waals surface area contributed by atoms with Gasteiger partial charge in [0.15, 0.2) is 0 Å². The predicted octanol–water partition coefficient (Wildman–Crippen LogP) is 0.835. The number of fused-ring (bicyclic) bond motifs is 1. The number of nitrogens with zero attached hydrogens (tertiary/aromatic N) is 3. The number of primary amides is 1. The Bertz CT molecular complexity index is 874. The second-order valence-electron chi connectivity index (χ2n) is 5.06. The van der Waals surface area contributed by atoms with Crippen LogP contribution in [0.2, 0.25) is 0 Å². The molecule has 1 aromatic carbocycles. The Balaban J connectivity index is 1.95. The third kappa shape index (κ3) is 2.70. The van der Waals surface area contributed by atoms with Gasteiger partial charge in [-0.1, -0.05) is 0 Å². The number of halogens is 2. The Morgan fingerprint density at radius 2 is 1.87 bits per heavy atom. The molecule has 0 radical (unpaired) electrons. The first kappa shape index (κ1) is 15.6. The molecule has 1 aliphatic heterocycles. The van der Waals surface area contributed by atoms with E-state index in [1.807, 2.05) is 0 Å². The van der Waals surface area contributed by atoms with Crippen molar-refractivity contribution in [3.8, 4) is 0 Å². The molecule has 0 saturated heterocycles. The summed E-state index contributed by atoms with van der Waals surface area (Å²) in [5.41, 5.74) is 6.23. The first-order chi connectivity index (χ1) is 10.8. The van der Waals surface area contributed by atoms with Gasteiger partial charge in [0.2, 0.25) is 10.0 Å². The van der Waals surface area contributed by atoms with Crippen molar-refractivity contribution in [3.05, 3.63) is 47.3 Å². The van der Waals surface area contributed by atoms with Gasteiger partial charge in [0.1, 0.15) is 11.6 Å². The number of sulfonamides is 1. The third-order valence-corrected chi connectivity index (χ3v) is 5.41. The van der Waals surface area contributed by atoms with Crippen LogP contribution in [-0.2, 0) is 23.0 Å². The summed E-state index contributed by atoms with van der Waals surface area (Å²) in [7, 11) is -4.06. The number of carbonyl (C=O) groups excluding carboxylic acids is 1. The fourth-order valence-electron chi connectivity index (χ4n) is 2.53. The molecule has 1 aromatic heterocycles. The van der Waals surface area contributed by atoms with Gasteiger partial charge in [-0.25, -0.2) is 22.0 Å². The van der Waals surface area contributed by atoms with Crippen LogP contribution >= 0.6 is 0 Å². The molecule has 7 nitrogen and oxygen atoms in total. The van der Waals surface area contributed by atoms with Crippen LogP contribution in [0.1, 0.15) is 11.3 Å². The Hall–Kier alpha value is -2.33. The van der Waals surface area contributed by atoms with Gasteiger partial charge in [-0.2, -0.15) is 14.1 Å². The Morgan fingerprint density at radius 3 is 2.48 bits per heavy atom. The van der Waals surface area contributed by atoms with Crippen molar-refractivity contribution >= 4 is 16.1 Å². The summed E-state index contributed by atoms with van der Waals surface area (Å²) in [6.45, 7) is -0.00445. The molecule has 1 amide bonds. The average molecular weight is 342 g/mol. The van der Waals surface area contributed by atoms with Crippen molar-refractivity contribution in [2.24, 2.45) is 5.73 Å². The fourth-order valence-corrected chi connectivity index (χ4v) is 3.99. The Kier molecular flexibility index (Phi) is 3.65. The zero-order valence-corrected chi connectivity index (χ0v) is 12.6. The minimum absolute atomic E-state index is 0.0481. The molecule has 2 aromatic rings. The molecular formula is C13H12F2N4O3S. The molecule has 0 saturated carbocycles. The van der Waals surface area contributed by atoms with Crippen LogP contribution in [0.5, 0.6) is 0 Å². The summed E-state index contributed by atoms with van der Waals surface area (Å²) in [4.78, 5) is 10.8. The maximum Gasteiger partial charge on any atom is 0.339 e. The molecule has 0 spiro atoms. The van der Waals surface area contributed by atoms with Crippen LogP contribution in [0.15, 0.2) is 29.3 Å². The molecule has 0 fully saturated rings. The number of benzene rings is 1. The monoisotopic (exact) mass is 342 g/mol. The third-order valence-electron chi connectivity index (χ3n) is 3.58. The van der Waals surface area contributed by atoms with E-state index in [1.54, 1.807) is 0 Å². The highest BCUT2D eigenvalue weighted by Crippen LogP contribution is 2.25. The molecule has 10 heteroatoms. The second-order valence-corrected chi connectivity index (χ2v) is 7.00. The molecule has 3 rings (SSSR count). The van der Waals surface area contributed by atoms with Crippen molar-refractivity contribution < 1.29 is 22.0 Å². The van der Waals surface area contributed by atoms with Crippen LogP contribution in [-0.4, -0.2) is 35.1 Å². The van der Waals surface area contributed by atoms with E-state index in [-0.39, 0.29) is 19.5 Å². The number of carbonyl (C=O) groups is 1. The van der Waals surface area contributed by atoms with Crippen LogP contribution in [0, 0.1) is 11.6 Å². The van der Waals surface area contributed by atoms with E-state index < -0.39 is 32.6 Å². The number of amides is 1. The molecule has 122 valence electrons. The molecule has 0 aliphatic carbocycles. The number of nitrogens with two attached hydrogens (primary N) is 1. The number of rotatable bonds is 2. The summed E-state index contributed by atoms with van der Waals surface area (Å²) in [5.74, 6) is -1.94. The van der Waals surface area contributed by atoms with Crippen molar-refractivity contribution in [3.63, 3.8) is 0 Å². The minimum atomic E-state index is -4.06. The topological polar surface area (TPSA) is 98.3 Å². The second kappa shape index (κ2) is 5.39. The van der Waals surface area contributed by atoms with E-state index in [2.05, 4.69) is 5.10 Å². The van der Waals surface area contributed by atoms with Gasteiger partial charge in [-0.3, -0.25) is 0 Å². The molecule has 0 bridgehead atoms. The van der Waals surface area contributed by atoms with E-state index in [0.29, 0.717) is 17.3 Å². The SMILES string of the molecule is NC(=O)n1ncc2c1CCN(S(=O)(=O)c1cc(F)cc(F)c1)C2. The number of hydrogen-bond donors (Lipinski definition) is 1. The minimum Gasteiger partial charge on any atom is -0.350 e. The van der Waals surface area contributed by atoms with Crippen molar-refractivity contribution in [2.45, 2.75) is 17.9 Å². The lowest BCUT2D eigenvalue weighted by atomic mass is 10.1. The van der Waals surface area contributed by atoms with E-state index >= 15 is 0 Å². The van der Waals surface area contributed by atoms with Crippen molar-refractivity contribution in [1.29, 1.82) is 0 Å². The van der Waals surface area contributed by atoms with Gasteiger partial charge < -0.3 is 5.73 Å². The average Bonchev–Trinajstić information content (AvgIpc) is 2.89. The molecule has 23 heavy (non-hydrogen) atoms. The molecule has 2 heterocycles. The molecular weight excluding hydrogens is 330 g/mol. The Morgan fingerprint density at radius 1 is 1.22 bits per heavy atom. The number of hydrogen-bond acceptors (Lipinski definition) is 4. The van der Waals surface area contributed by atoms with Crippen LogP contribution in [0.25, 0.3) is 0 Å². The van der Waals surface area contributed by atoms with Gasteiger partial charge in [0, 0.05) is 31.1 Å². The van der Waals surface area contributed by atoms with Gasteiger partial charge in [-0.05, 0) is 12.1 Å². The summed E-state index contributed by atoms with van der Waals surface area (Å²) >= 11 is 0. The summed E-state index contributed by atoms with van der Waals surface area (Å²) in [6.07, 6.45) is 1.57. The molecule has 1 aliphatic rings. The Labute approximate surface area is 130 Å². The first-order valence-electron chi connectivity index (χ1n) is 6.61. The summed E-state index contributed by atoms with van der Waals surface area (Å²) in [5, 5.41) is 3.82. The highest BCUT2D eigenvalue weighted by Gasteiger charge is 2.31. The lowest BCUT2D eigenvalue weighted by Crippen LogP contribution is -2.37. The van der Waals surface area contributed by atoms with E-state index in [1.165, 1.54) is 6.20 Å². The highest BCUT2D eigenvalue weighted by molar-refractivity contribution is 7.89. The van der Waals surface area contributed by atoms with E-state index in [9.17, 15) is 22.0 Å². The highest BCUT2D eigenvalue weighted by atomic mass is 32.2. The van der Waals surface area contributed by atoms with Gasteiger partial charge in [0.25, 0.3) is 0 Å². The standard InChI is InChI=1S/C13H12F2N4O3S/c14-9-3-10(15)5-11(4-9)23(21,22)18-2-1-12-8(7-18)6-17-19(12)13(16)20/h3-6H,1-2,7H2,(H2,16,20). The van der Waals surface area contributed by atoms with E-state index in [4.69, 9.17) is 5.73 Å². The maximum atomic E-state index is 13.3. The van der Waals surface area contributed by atoms with Gasteiger partial charge in [0.05, 0.1) is 16.8 Å². The molecule has 0 unspecified atom stereocenters. The lowest BCUT2D eigenvalue weighted by molar-refractivity contribution is 0.246. The van der Waals surface area contributed by atoms with Gasteiger partial charge in [-0.15, -0.1) is 0 Å². The lowest BCUT2D eigenvalue weighted by Gasteiger charge is -2.26. The van der Waals surface area contributed by atoms with Crippen LogP contribution in [0.3, 0.4) is 0 Å². The summed E-state index contributed by atoms with van der Waals surface area (Å²) in [6, 6.07) is 1.38.